The molecule has 2 unspecified atom stereocenters. The zero-order valence-corrected chi connectivity index (χ0v) is 20.6. The van der Waals surface area contributed by atoms with E-state index < -0.39 is 0 Å². The molecule has 33 heavy (non-hydrogen) atoms. The Kier molecular flexibility index (Phi) is 7.59. The van der Waals surface area contributed by atoms with Crippen molar-refractivity contribution in [3.63, 3.8) is 0 Å². The molecular weight excluding hydrogens is 412 g/mol. The fourth-order valence-corrected chi connectivity index (χ4v) is 5.61. The lowest BCUT2D eigenvalue weighted by molar-refractivity contribution is -0.134. The van der Waals surface area contributed by atoms with Gasteiger partial charge in [0, 0.05) is 25.2 Å². The van der Waals surface area contributed by atoms with Gasteiger partial charge in [0.1, 0.15) is 0 Å². The fourth-order valence-electron chi connectivity index (χ4n) is 5.61. The van der Waals surface area contributed by atoms with Crippen LogP contribution in [0.25, 0.3) is 0 Å². The Hall–Kier alpha value is -2.53. The summed E-state index contributed by atoms with van der Waals surface area (Å²) in [4.78, 5) is 18.1. The quantitative estimate of drug-likeness (QED) is 0.626. The van der Waals surface area contributed by atoms with Crippen molar-refractivity contribution in [2.45, 2.75) is 64.5 Å². The molecule has 178 valence electrons. The first-order chi connectivity index (χ1) is 16.0. The standard InChI is InChI=1S/C28H38N2O3/c1-20-8-7-9-22(16-20)11-14-29-13-6-5-10-25(29)21(2)30-15-12-23-17-26(32-3)27(33-4)18-24(23)19-28(30)31/h7-9,16-18,21,25H,5-6,10-15,19H2,1-4H3. The number of carbonyl (C=O) groups excluding carboxylic acids is 1. The Morgan fingerprint density at radius 1 is 1.03 bits per heavy atom. The number of hydrogen-bond acceptors (Lipinski definition) is 4. The smallest absolute Gasteiger partial charge is 0.227 e. The number of carbonyl (C=O) groups is 1. The summed E-state index contributed by atoms with van der Waals surface area (Å²) in [5, 5.41) is 0. The zero-order valence-electron chi connectivity index (χ0n) is 20.6. The van der Waals surface area contributed by atoms with Gasteiger partial charge in [0.15, 0.2) is 11.5 Å². The van der Waals surface area contributed by atoms with E-state index in [-0.39, 0.29) is 11.9 Å². The van der Waals surface area contributed by atoms with Crippen LogP contribution >= 0.6 is 0 Å². The molecule has 2 heterocycles. The molecule has 5 heteroatoms. The molecule has 0 aliphatic carbocycles. The number of likely N-dealkylation sites (tertiary alicyclic amines) is 1. The van der Waals surface area contributed by atoms with Gasteiger partial charge in [-0.25, -0.2) is 0 Å². The summed E-state index contributed by atoms with van der Waals surface area (Å²) in [7, 11) is 3.31. The van der Waals surface area contributed by atoms with E-state index in [0.717, 1.165) is 50.2 Å². The van der Waals surface area contributed by atoms with Crippen LogP contribution in [-0.4, -0.2) is 61.6 Å². The zero-order chi connectivity index (χ0) is 23.4. The number of ether oxygens (including phenoxy) is 2. The van der Waals surface area contributed by atoms with Crippen LogP contribution in [0.5, 0.6) is 11.5 Å². The summed E-state index contributed by atoms with van der Waals surface area (Å²) in [6.45, 7) is 7.34. The lowest BCUT2D eigenvalue weighted by atomic mass is 9.94. The highest BCUT2D eigenvalue weighted by molar-refractivity contribution is 5.80. The topological polar surface area (TPSA) is 42.0 Å². The van der Waals surface area contributed by atoms with E-state index in [0.29, 0.717) is 18.2 Å². The number of amides is 1. The van der Waals surface area contributed by atoms with Gasteiger partial charge in [0.25, 0.3) is 0 Å². The van der Waals surface area contributed by atoms with E-state index in [1.165, 1.54) is 29.5 Å². The number of fused-ring (bicyclic) bond motifs is 1. The van der Waals surface area contributed by atoms with Crippen LogP contribution in [0.3, 0.4) is 0 Å². The maximum absolute atomic E-state index is 13.4. The van der Waals surface area contributed by atoms with Gasteiger partial charge in [-0.1, -0.05) is 36.2 Å². The van der Waals surface area contributed by atoms with Crippen molar-refractivity contribution < 1.29 is 14.3 Å². The summed E-state index contributed by atoms with van der Waals surface area (Å²) in [5.74, 6) is 1.65. The van der Waals surface area contributed by atoms with Crippen molar-refractivity contribution in [1.29, 1.82) is 0 Å². The second kappa shape index (κ2) is 10.6. The third-order valence-electron chi connectivity index (χ3n) is 7.47. The Morgan fingerprint density at radius 2 is 1.79 bits per heavy atom. The van der Waals surface area contributed by atoms with Gasteiger partial charge in [0.05, 0.1) is 20.6 Å². The number of hydrogen-bond donors (Lipinski definition) is 0. The monoisotopic (exact) mass is 450 g/mol. The fraction of sp³-hybridized carbons (Fsp3) is 0.536. The van der Waals surface area contributed by atoms with E-state index in [4.69, 9.17) is 9.47 Å². The predicted molar refractivity (Wildman–Crippen MR) is 132 cm³/mol. The van der Waals surface area contributed by atoms with Gasteiger partial charge < -0.3 is 14.4 Å². The SMILES string of the molecule is COc1cc2c(cc1OC)CC(=O)N(C(C)C1CCCCN1CCc1cccc(C)c1)CC2. The molecule has 0 saturated carbocycles. The normalized spacial score (nSPS) is 20.2. The summed E-state index contributed by atoms with van der Waals surface area (Å²) in [5.41, 5.74) is 4.97. The summed E-state index contributed by atoms with van der Waals surface area (Å²) in [6.07, 6.45) is 5.98. The molecular formula is C28H38N2O3. The van der Waals surface area contributed by atoms with Crippen LogP contribution in [0.2, 0.25) is 0 Å². The first-order valence-electron chi connectivity index (χ1n) is 12.3. The van der Waals surface area contributed by atoms with Crippen molar-refractivity contribution in [3.8, 4) is 11.5 Å². The molecule has 0 N–H and O–H groups in total. The first kappa shape index (κ1) is 23.6. The van der Waals surface area contributed by atoms with Crippen LogP contribution < -0.4 is 9.47 Å². The molecule has 2 aliphatic heterocycles. The van der Waals surface area contributed by atoms with E-state index in [1.54, 1.807) is 14.2 Å². The van der Waals surface area contributed by atoms with E-state index in [1.807, 2.05) is 12.1 Å². The minimum atomic E-state index is 0.202. The lowest BCUT2D eigenvalue weighted by Crippen LogP contribution is -2.54. The average Bonchev–Trinajstić information content (AvgIpc) is 2.99. The van der Waals surface area contributed by atoms with E-state index >= 15 is 0 Å². The summed E-state index contributed by atoms with van der Waals surface area (Å²) in [6, 6.07) is 13.5. The van der Waals surface area contributed by atoms with Crippen molar-refractivity contribution in [2.24, 2.45) is 0 Å². The number of nitrogens with zero attached hydrogens (tertiary/aromatic N) is 2. The number of methoxy groups -OCH3 is 2. The molecule has 0 bridgehead atoms. The lowest BCUT2D eigenvalue weighted by Gasteiger charge is -2.43. The molecule has 1 fully saturated rings. The molecule has 4 rings (SSSR count). The number of aryl methyl sites for hydroxylation is 1. The summed E-state index contributed by atoms with van der Waals surface area (Å²) >= 11 is 0. The number of piperidine rings is 1. The molecule has 2 aromatic carbocycles. The Labute approximate surface area is 198 Å². The van der Waals surface area contributed by atoms with Crippen LogP contribution in [0.4, 0.5) is 0 Å². The minimum absolute atomic E-state index is 0.202. The third kappa shape index (κ3) is 5.35. The molecule has 2 aromatic rings. The van der Waals surface area contributed by atoms with Crippen molar-refractivity contribution in [2.75, 3.05) is 33.9 Å². The molecule has 2 aliphatic rings. The Morgan fingerprint density at radius 3 is 2.52 bits per heavy atom. The second-order valence-corrected chi connectivity index (χ2v) is 9.57. The van der Waals surface area contributed by atoms with Crippen molar-refractivity contribution in [3.05, 3.63) is 58.7 Å². The minimum Gasteiger partial charge on any atom is -0.493 e. The molecule has 2 atom stereocenters. The first-order valence-corrected chi connectivity index (χ1v) is 12.3. The maximum Gasteiger partial charge on any atom is 0.227 e. The van der Waals surface area contributed by atoms with Crippen LogP contribution in [-0.2, 0) is 24.1 Å². The molecule has 1 saturated heterocycles. The van der Waals surface area contributed by atoms with Gasteiger partial charge in [-0.3, -0.25) is 9.69 Å². The highest BCUT2D eigenvalue weighted by Crippen LogP contribution is 2.33. The highest BCUT2D eigenvalue weighted by atomic mass is 16.5. The van der Waals surface area contributed by atoms with Gasteiger partial charge in [-0.2, -0.15) is 0 Å². The van der Waals surface area contributed by atoms with Crippen molar-refractivity contribution >= 4 is 5.91 Å². The number of rotatable bonds is 7. The van der Waals surface area contributed by atoms with E-state index in [9.17, 15) is 4.79 Å². The largest absolute Gasteiger partial charge is 0.493 e. The summed E-state index contributed by atoms with van der Waals surface area (Å²) < 4.78 is 11.0. The molecule has 1 amide bonds. The average molecular weight is 451 g/mol. The molecule has 0 spiro atoms. The van der Waals surface area contributed by atoms with Crippen molar-refractivity contribution in [1.82, 2.24) is 9.80 Å². The molecule has 0 radical (unpaired) electrons. The van der Waals surface area contributed by atoms with Gasteiger partial charge in [-0.15, -0.1) is 0 Å². The third-order valence-corrected chi connectivity index (χ3v) is 7.47. The van der Waals surface area contributed by atoms with E-state index in [2.05, 4.69) is 47.9 Å². The molecule has 0 aromatic heterocycles. The molecule has 5 nitrogen and oxygen atoms in total. The maximum atomic E-state index is 13.4. The highest BCUT2D eigenvalue weighted by Gasteiger charge is 2.34. The number of benzene rings is 2. The van der Waals surface area contributed by atoms with Gasteiger partial charge in [-0.05, 0) is 74.9 Å². The van der Waals surface area contributed by atoms with Gasteiger partial charge in [0.2, 0.25) is 5.91 Å². The van der Waals surface area contributed by atoms with Crippen LogP contribution in [0, 0.1) is 6.92 Å². The van der Waals surface area contributed by atoms with Gasteiger partial charge >= 0.3 is 0 Å². The van der Waals surface area contributed by atoms with Crippen LogP contribution in [0.15, 0.2) is 36.4 Å². The predicted octanol–water partition coefficient (Wildman–Crippen LogP) is 4.43. The Balaban J connectivity index is 1.47. The van der Waals surface area contributed by atoms with Crippen LogP contribution in [0.1, 0.15) is 48.4 Å². The Bertz CT molecular complexity index is 974. The second-order valence-electron chi connectivity index (χ2n) is 9.57.